The Kier molecular flexibility index (Phi) is 3.26. The normalized spacial score (nSPS) is 12.9. The molecule has 4 nitrogen and oxygen atoms in total. The fourth-order valence-electron chi connectivity index (χ4n) is 1.22. The van der Waals surface area contributed by atoms with E-state index in [0.717, 1.165) is 0 Å². The Labute approximate surface area is 96.1 Å². The van der Waals surface area contributed by atoms with Gasteiger partial charge in [-0.3, -0.25) is 0 Å². The first-order valence-corrected chi connectivity index (χ1v) is 5.08. The fourth-order valence-corrected chi connectivity index (χ4v) is 1.40. The van der Waals surface area contributed by atoms with E-state index in [1.165, 1.54) is 0 Å². The highest BCUT2D eigenvalue weighted by atomic mass is 35.5. The molecule has 86 valence electrons. The van der Waals surface area contributed by atoms with Crippen molar-refractivity contribution in [2.75, 3.05) is 13.3 Å². The molecule has 0 aliphatic heterocycles. The monoisotopic (exact) mass is 244 g/mol. The van der Waals surface area contributed by atoms with Crippen LogP contribution in [0, 0.1) is 0 Å². The summed E-state index contributed by atoms with van der Waals surface area (Å²) >= 11 is 5.83. The van der Waals surface area contributed by atoms with E-state index in [1.54, 1.807) is 18.2 Å². The predicted molar refractivity (Wildman–Crippen MR) is 58.5 cm³/mol. The molecule has 0 fully saturated rings. The maximum atomic E-state index is 12.1. The quantitative estimate of drug-likeness (QED) is 0.895. The first-order chi connectivity index (χ1) is 7.70. The number of rotatable bonds is 4. The number of hydrogen-bond acceptors (Lipinski definition) is 4. The van der Waals surface area contributed by atoms with Crippen molar-refractivity contribution in [3.8, 4) is 5.88 Å². The fraction of sp³-hybridized carbons (Fsp3) is 0.300. The lowest BCUT2D eigenvalue weighted by Gasteiger charge is -2.06. The molecule has 1 unspecified atom stereocenters. The molecule has 1 aromatic heterocycles. The van der Waals surface area contributed by atoms with Gasteiger partial charge in [-0.1, -0.05) is 11.6 Å². The summed E-state index contributed by atoms with van der Waals surface area (Å²) in [5.41, 5.74) is 5.94. The van der Waals surface area contributed by atoms with Crippen LogP contribution in [0.25, 0.3) is 11.0 Å². The highest BCUT2D eigenvalue weighted by Crippen LogP contribution is 2.27. The maximum absolute atomic E-state index is 12.1. The van der Waals surface area contributed by atoms with Crippen LogP contribution in [0.2, 0.25) is 5.02 Å². The minimum Gasteiger partial charge on any atom is -0.473 e. The zero-order chi connectivity index (χ0) is 11.5. The van der Waals surface area contributed by atoms with Gasteiger partial charge in [0.2, 0.25) is 0 Å². The minimum atomic E-state index is -0.661. The SMILES string of the molecule is NC(CF)COc1noc2ccc(Cl)cc12. The van der Waals surface area contributed by atoms with Gasteiger partial charge in [-0.15, -0.1) is 0 Å². The van der Waals surface area contributed by atoms with Gasteiger partial charge >= 0.3 is 0 Å². The molecule has 6 heteroatoms. The molecule has 0 aliphatic carbocycles. The van der Waals surface area contributed by atoms with Crippen LogP contribution in [-0.4, -0.2) is 24.5 Å². The van der Waals surface area contributed by atoms with Crippen LogP contribution in [0.4, 0.5) is 4.39 Å². The van der Waals surface area contributed by atoms with Gasteiger partial charge in [0.1, 0.15) is 13.3 Å². The average molecular weight is 245 g/mol. The number of hydrogen-bond donors (Lipinski definition) is 1. The van der Waals surface area contributed by atoms with Crippen molar-refractivity contribution in [1.29, 1.82) is 0 Å². The summed E-state index contributed by atoms with van der Waals surface area (Å²) in [5.74, 6) is 0.279. The Morgan fingerprint density at radius 2 is 2.38 bits per heavy atom. The van der Waals surface area contributed by atoms with Crippen LogP contribution in [0.15, 0.2) is 22.7 Å². The predicted octanol–water partition coefficient (Wildman–Crippen LogP) is 2.16. The Hall–Kier alpha value is -1.33. The Morgan fingerprint density at radius 1 is 1.56 bits per heavy atom. The van der Waals surface area contributed by atoms with Crippen LogP contribution >= 0.6 is 11.6 Å². The van der Waals surface area contributed by atoms with E-state index in [-0.39, 0.29) is 12.5 Å². The van der Waals surface area contributed by atoms with Gasteiger partial charge < -0.3 is 15.0 Å². The molecule has 2 rings (SSSR count). The number of nitrogens with two attached hydrogens (primary N) is 1. The molecule has 0 radical (unpaired) electrons. The van der Waals surface area contributed by atoms with E-state index in [0.29, 0.717) is 16.0 Å². The van der Waals surface area contributed by atoms with Gasteiger partial charge in [0, 0.05) is 5.02 Å². The molecule has 0 saturated carbocycles. The molecule has 0 bridgehead atoms. The second kappa shape index (κ2) is 4.67. The lowest BCUT2D eigenvalue weighted by molar-refractivity contribution is 0.243. The molecule has 0 spiro atoms. The number of aromatic nitrogens is 1. The number of nitrogens with zero attached hydrogens (tertiary/aromatic N) is 1. The molecule has 0 aliphatic rings. The van der Waals surface area contributed by atoms with Crippen molar-refractivity contribution >= 4 is 22.6 Å². The van der Waals surface area contributed by atoms with Crippen LogP contribution < -0.4 is 10.5 Å². The second-order valence-electron chi connectivity index (χ2n) is 3.35. The summed E-state index contributed by atoms with van der Waals surface area (Å²) in [6.07, 6.45) is 0. The number of alkyl halides is 1. The summed E-state index contributed by atoms with van der Waals surface area (Å²) in [4.78, 5) is 0. The zero-order valence-corrected chi connectivity index (χ0v) is 9.08. The van der Waals surface area contributed by atoms with Crippen molar-refractivity contribution in [2.45, 2.75) is 6.04 Å². The molecule has 0 saturated heterocycles. The van der Waals surface area contributed by atoms with Gasteiger partial charge in [-0.2, -0.15) is 0 Å². The maximum Gasteiger partial charge on any atom is 0.262 e. The van der Waals surface area contributed by atoms with Gasteiger partial charge in [0.05, 0.1) is 11.4 Å². The van der Waals surface area contributed by atoms with E-state index in [9.17, 15) is 4.39 Å². The van der Waals surface area contributed by atoms with Crippen LogP contribution in [0.3, 0.4) is 0 Å². The molecular weight excluding hydrogens is 235 g/mol. The third-order valence-corrected chi connectivity index (χ3v) is 2.27. The average Bonchev–Trinajstić information content (AvgIpc) is 2.68. The van der Waals surface area contributed by atoms with E-state index >= 15 is 0 Å². The first kappa shape index (κ1) is 11.2. The van der Waals surface area contributed by atoms with Crippen LogP contribution in [0.1, 0.15) is 0 Å². The minimum absolute atomic E-state index is 0.0463. The molecule has 1 aromatic carbocycles. The number of benzene rings is 1. The number of ether oxygens (including phenoxy) is 1. The van der Waals surface area contributed by atoms with Gasteiger partial charge in [0.25, 0.3) is 5.88 Å². The third-order valence-electron chi connectivity index (χ3n) is 2.03. The summed E-state index contributed by atoms with van der Waals surface area (Å²) in [7, 11) is 0. The van der Waals surface area contributed by atoms with E-state index < -0.39 is 12.7 Å². The molecule has 2 aromatic rings. The standard InChI is InChI=1S/C10H10ClFN2O2/c11-6-1-2-9-8(3-6)10(14-16-9)15-5-7(13)4-12/h1-3,7H,4-5,13H2. The van der Waals surface area contributed by atoms with E-state index in [1.807, 2.05) is 0 Å². The molecular formula is C10H10ClFN2O2. The Bertz CT molecular complexity index is 489. The van der Waals surface area contributed by atoms with Crippen molar-refractivity contribution in [3.63, 3.8) is 0 Å². The van der Waals surface area contributed by atoms with Crippen LogP contribution in [0.5, 0.6) is 5.88 Å². The topological polar surface area (TPSA) is 61.3 Å². The lowest BCUT2D eigenvalue weighted by atomic mass is 10.2. The summed E-state index contributed by atoms with van der Waals surface area (Å²) in [6.45, 7) is -0.596. The summed E-state index contributed by atoms with van der Waals surface area (Å²) in [5, 5.41) is 4.91. The van der Waals surface area contributed by atoms with Crippen LogP contribution in [-0.2, 0) is 0 Å². The second-order valence-corrected chi connectivity index (χ2v) is 3.79. The molecule has 0 amide bonds. The van der Waals surface area contributed by atoms with E-state index in [4.69, 9.17) is 26.6 Å². The highest BCUT2D eigenvalue weighted by molar-refractivity contribution is 6.31. The van der Waals surface area contributed by atoms with Gasteiger partial charge in [-0.05, 0) is 23.4 Å². The van der Waals surface area contributed by atoms with Gasteiger partial charge in [-0.25, -0.2) is 4.39 Å². The van der Waals surface area contributed by atoms with Crippen molar-refractivity contribution in [2.24, 2.45) is 5.73 Å². The number of halogens is 2. The van der Waals surface area contributed by atoms with Gasteiger partial charge in [0.15, 0.2) is 5.58 Å². The van der Waals surface area contributed by atoms with Crippen molar-refractivity contribution in [3.05, 3.63) is 23.2 Å². The Morgan fingerprint density at radius 3 is 3.12 bits per heavy atom. The third kappa shape index (κ3) is 2.25. The van der Waals surface area contributed by atoms with Crippen molar-refractivity contribution < 1.29 is 13.7 Å². The molecule has 16 heavy (non-hydrogen) atoms. The zero-order valence-electron chi connectivity index (χ0n) is 8.32. The van der Waals surface area contributed by atoms with Crippen molar-refractivity contribution in [1.82, 2.24) is 5.16 Å². The highest BCUT2D eigenvalue weighted by Gasteiger charge is 2.11. The molecule has 2 N–H and O–H groups in total. The largest absolute Gasteiger partial charge is 0.473 e. The first-order valence-electron chi connectivity index (χ1n) is 4.70. The molecule has 1 atom stereocenters. The Balaban J connectivity index is 2.21. The van der Waals surface area contributed by atoms with E-state index in [2.05, 4.69) is 5.16 Å². The summed E-state index contributed by atoms with van der Waals surface area (Å²) < 4.78 is 22.4. The smallest absolute Gasteiger partial charge is 0.262 e. The summed E-state index contributed by atoms with van der Waals surface area (Å²) in [6, 6.07) is 4.38. The molecule has 1 heterocycles. The number of fused-ring (bicyclic) bond motifs is 1. The lowest BCUT2D eigenvalue weighted by Crippen LogP contribution is -2.29.